The van der Waals surface area contributed by atoms with E-state index in [1.807, 2.05) is 24.0 Å². The van der Waals surface area contributed by atoms with E-state index in [1.165, 1.54) is 11.1 Å². The Morgan fingerprint density at radius 2 is 1.38 bits per heavy atom. The summed E-state index contributed by atoms with van der Waals surface area (Å²) in [5.41, 5.74) is 10.9. The van der Waals surface area contributed by atoms with Crippen LogP contribution in [-0.2, 0) is 0 Å². The molecule has 148 valence electrons. The molecule has 1 aliphatic heterocycles. The van der Waals surface area contributed by atoms with E-state index in [4.69, 9.17) is 5.73 Å². The Balaban J connectivity index is 1.51. The number of hydrogen-bond donors (Lipinski definition) is 1. The average molecular weight is 386 g/mol. The van der Waals surface area contributed by atoms with Gasteiger partial charge in [0.05, 0.1) is 6.04 Å². The molecule has 4 nitrogen and oxygen atoms in total. The number of nitrogens with zero attached hydrogens (tertiary/aromatic N) is 2. The molecule has 29 heavy (non-hydrogen) atoms. The summed E-state index contributed by atoms with van der Waals surface area (Å²) in [7, 11) is 0. The van der Waals surface area contributed by atoms with Gasteiger partial charge < -0.3 is 10.6 Å². The van der Waals surface area contributed by atoms with Gasteiger partial charge in [0.15, 0.2) is 0 Å². The summed E-state index contributed by atoms with van der Waals surface area (Å²) in [6, 6.07) is 27.0. The Morgan fingerprint density at radius 1 is 0.828 bits per heavy atom. The van der Waals surface area contributed by atoms with E-state index in [2.05, 4.69) is 65.6 Å². The normalized spacial score (nSPS) is 14.9. The molecule has 4 heteroatoms. The highest BCUT2D eigenvalue weighted by Gasteiger charge is 2.28. The minimum Gasteiger partial charge on any atom is -0.398 e. The maximum atomic E-state index is 12.9. The lowest BCUT2D eigenvalue weighted by atomic mass is 9.96. The van der Waals surface area contributed by atoms with Crippen LogP contribution in [0.5, 0.6) is 0 Å². The largest absolute Gasteiger partial charge is 0.398 e. The molecule has 0 atom stereocenters. The van der Waals surface area contributed by atoms with E-state index in [0.717, 1.165) is 18.7 Å². The standard InChI is InChI=1S/C25H27N3O/c1-19-12-13-22(18-23(19)26)25(29)28-16-14-27(15-17-28)24(20-8-4-2-5-9-20)21-10-6-3-7-11-21/h2-13,18,24H,14-17,26H2,1H3. The van der Waals surface area contributed by atoms with Crippen LogP contribution in [0.3, 0.4) is 0 Å². The van der Waals surface area contributed by atoms with Gasteiger partial charge in [-0.15, -0.1) is 0 Å². The molecule has 0 saturated carbocycles. The van der Waals surface area contributed by atoms with Crippen molar-refractivity contribution in [3.05, 3.63) is 101 Å². The number of carbonyl (C=O) groups excluding carboxylic acids is 1. The van der Waals surface area contributed by atoms with Crippen molar-refractivity contribution in [1.29, 1.82) is 0 Å². The van der Waals surface area contributed by atoms with Gasteiger partial charge >= 0.3 is 0 Å². The van der Waals surface area contributed by atoms with E-state index >= 15 is 0 Å². The van der Waals surface area contributed by atoms with Gasteiger partial charge in [0.25, 0.3) is 5.91 Å². The molecule has 1 heterocycles. The molecule has 0 bridgehead atoms. The van der Waals surface area contributed by atoms with Crippen molar-refractivity contribution in [1.82, 2.24) is 9.80 Å². The zero-order chi connectivity index (χ0) is 20.2. The Morgan fingerprint density at radius 3 is 1.90 bits per heavy atom. The number of hydrogen-bond acceptors (Lipinski definition) is 3. The van der Waals surface area contributed by atoms with E-state index in [-0.39, 0.29) is 11.9 Å². The third-order valence-corrected chi connectivity index (χ3v) is 5.72. The molecular weight excluding hydrogens is 358 g/mol. The van der Waals surface area contributed by atoms with Gasteiger partial charge in [0, 0.05) is 37.4 Å². The van der Waals surface area contributed by atoms with Crippen LogP contribution in [0, 0.1) is 6.92 Å². The Labute approximate surface area is 172 Å². The van der Waals surface area contributed by atoms with E-state index in [0.29, 0.717) is 24.3 Å². The highest BCUT2D eigenvalue weighted by atomic mass is 16.2. The molecule has 1 fully saturated rings. The number of rotatable bonds is 4. The van der Waals surface area contributed by atoms with Crippen LogP contribution in [0.1, 0.15) is 33.1 Å². The van der Waals surface area contributed by atoms with E-state index in [1.54, 1.807) is 6.07 Å². The summed E-state index contributed by atoms with van der Waals surface area (Å²) in [4.78, 5) is 17.3. The molecule has 3 aromatic carbocycles. The van der Waals surface area contributed by atoms with Gasteiger partial charge in [-0.05, 0) is 35.7 Å². The number of carbonyl (C=O) groups is 1. The van der Waals surface area contributed by atoms with Crippen molar-refractivity contribution in [3.8, 4) is 0 Å². The molecule has 3 aromatic rings. The number of amides is 1. The number of nitrogens with two attached hydrogens (primary N) is 1. The lowest BCUT2D eigenvalue weighted by Crippen LogP contribution is -2.49. The fourth-order valence-corrected chi connectivity index (χ4v) is 4.02. The van der Waals surface area contributed by atoms with Crippen LogP contribution in [0.25, 0.3) is 0 Å². The van der Waals surface area contributed by atoms with E-state index < -0.39 is 0 Å². The highest BCUT2D eigenvalue weighted by molar-refractivity contribution is 5.95. The van der Waals surface area contributed by atoms with Crippen LogP contribution in [-0.4, -0.2) is 41.9 Å². The maximum Gasteiger partial charge on any atom is 0.254 e. The van der Waals surface area contributed by atoms with Gasteiger partial charge in [-0.3, -0.25) is 9.69 Å². The van der Waals surface area contributed by atoms with Gasteiger partial charge in [-0.1, -0.05) is 66.7 Å². The summed E-state index contributed by atoms with van der Waals surface area (Å²) in [6.07, 6.45) is 0. The van der Waals surface area contributed by atoms with Crippen LogP contribution in [0.2, 0.25) is 0 Å². The van der Waals surface area contributed by atoms with Crippen molar-refractivity contribution >= 4 is 11.6 Å². The molecule has 4 rings (SSSR count). The van der Waals surface area contributed by atoms with Crippen LogP contribution in [0.15, 0.2) is 78.9 Å². The topological polar surface area (TPSA) is 49.6 Å². The minimum absolute atomic E-state index is 0.0623. The molecule has 1 saturated heterocycles. The van der Waals surface area contributed by atoms with Crippen LogP contribution in [0.4, 0.5) is 5.69 Å². The Bertz CT molecular complexity index is 924. The molecule has 0 spiro atoms. The first kappa shape index (κ1) is 19.2. The van der Waals surface area contributed by atoms with Gasteiger partial charge in [0.2, 0.25) is 0 Å². The molecular formula is C25H27N3O. The molecule has 0 radical (unpaired) electrons. The monoisotopic (exact) mass is 385 g/mol. The number of aryl methyl sites for hydroxylation is 1. The number of piperazine rings is 1. The third kappa shape index (κ3) is 4.17. The minimum atomic E-state index is 0.0623. The van der Waals surface area contributed by atoms with E-state index in [9.17, 15) is 4.79 Å². The Hall–Kier alpha value is -3.11. The number of benzene rings is 3. The third-order valence-electron chi connectivity index (χ3n) is 5.72. The quantitative estimate of drug-likeness (QED) is 0.687. The lowest BCUT2D eigenvalue weighted by molar-refractivity contribution is 0.0597. The fourth-order valence-electron chi connectivity index (χ4n) is 4.02. The summed E-state index contributed by atoms with van der Waals surface area (Å²) in [5.74, 6) is 0.0623. The van der Waals surface area contributed by atoms with Crippen molar-refractivity contribution < 1.29 is 4.79 Å². The predicted molar refractivity (Wildman–Crippen MR) is 118 cm³/mol. The van der Waals surface area contributed by atoms with Crippen molar-refractivity contribution in [2.75, 3.05) is 31.9 Å². The smallest absolute Gasteiger partial charge is 0.254 e. The lowest BCUT2D eigenvalue weighted by Gasteiger charge is -2.39. The number of nitrogen functional groups attached to an aromatic ring is 1. The molecule has 2 N–H and O–H groups in total. The first-order chi connectivity index (χ1) is 14.1. The summed E-state index contributed by atoms with van der Waals surface area (Å²) in [5, 5.41) is 0. The highest BCUT2D eigenvalue weighted by Crippen LogP contribution is 2.29. The second-order valence-corrected chi connectivity index (χ2v) is 7.62. The van der Waals surface area contributed by atoms with Gasteiger partial charge in [-0.25, -0.2) is 0 Å². The molecule has 0 unspecified atom stereocenters. The zero-order valence-corrected chi connectivity index (χ0v) is 16.8. The first-order valence-corrected chi connectivity index (χ1v) is 10.1. The van der Waals surface area contributed by atoms with Crippen LogP contribution < -0.4 is 5.73 Å². The molecule has 0 aliphatic carbocycles. The van der Waals surface area contributed by atoms with Crippen molar-refractivity contribution in [2.24, 2.45) is 0 Å². The molecule has 1 amide bonds. The van der Waals surface area contributed by atoms with Gasteiger partial charge in [-0.2, -0.15) is 0 Å². The molecule has 0 aromatic heterocycles. The molecule has 1 aliphatic rings. The second kappa shape index (κ2) is 8.50. The average Bonchev–Trinajstić information content (AvgIpc) is 2.77. The SMILES string of the molecule is Cc1ccc(C(=O)N2CCN(C(c3ccccc3)c3ccccc3)CC2)cc1N. The van der Waals surface area contributed by atoms with Crippen LogP contribution >= 0.6 is 0 Å². The summed E-state index contributed by atoms with van der Waals surface area (Å²) < 4.78 is 0. The zero-order valence-electron chi connectivity index (χ0n) is 16.8. The summed E-state index contributed by atoms with van der Waals surface area (Å²) >= 11 is 0. The van der Waals surface area contributed by atoms with Crippen molar-refractivity contribution in [3.63, 3.8) is 0 Å². The predicted octanol–water partition coefficient (Wildman–Crippen LogP) is 4.12. The number of anilines is 1. The maximum absolute atomic E-state index is 12.9. The summed E-state index contributed by atoms with van der Waals surface area (Å²) in [6.45, 7) is 5.05. The Kier molecular flexibility index (Phi) is 5.63. The first-order valence-electron chi connectivity index (χ1n) is 10.1. The van der Waals surface area contributed by atoms with Gasteiger partial charge in [0.1, 0.15) is 0 Å². The fraction of sp³-hybridized carbons (Fsp3) is 0.240. The van der Waals surface area contributed by atoms with Crippen molar-refractivity contribution in [2.45, 2.75) is 13.0 Å². The second-order valence-electron chi connectivity index (χ2n) is 7.62.